The second-order valence-corrected chi connectivity index (χ2v) is 6.17. The Labute approximate surface area is 152 Å². The summed E-state index contributed by atoms with van der Waals surface area (Å²) in [6, 6.07) is 18.3. The molecule has 1 N–H and O–H groups in total. The largest absolute Gasteiger partial charge is 0.306 e. The van der Waals surface area contributed by atoms with E-state index >= 15 is 0 Å². The minimum Gasteiger partial charge on any atom is -0.306 e. The molecule has 2 aromatic heterocycles. The van der Waals surface area contributed by atoms with Gasteiger partial charge in [-0.1, -0.05) is 30.3 Å². The van der Waals surface area contributed by atoms with Gasteiger partial charge in [0.15, 0.2) is 0 Å². The van der Waals surface area contributed by atoms with Crippen LogP contribution >= 0.6 is 0 Å². The summed E-state index contributed by atoms with van der Waals surface area (Å²) in [6.45, 7) is 4.06. The van der Waals surface area contributed by atoms with E-state index in [1.165, 1.54) is 5.56 Å². The molecule has 2 aromatic carbocycles. The number of hydrazone groups is 1. The summed E-state index contributed by atoms with van der Waals surface area (Å²) in [5.74, 6) is 0.746. The molecule has 0 bridgehead atoms. The van der Waals surface area contributed by atoms with E-state index in [9.17, 15) is 0 Å². The highest BCUT2D eigenvalue weighted by Gasteiger charge is 2.03. The molecular formula is C21H19N5. The van der Waals surface area contributed by atoms with Gasteiger partial charge in [0.05, 0.1) is 17.6 Å². The zero-order chi connectivity index (χ0) is 17.9. The first-order valence-electron chi connectivity index (χ1n) is 8.46. The zero-order valence-electron chi connectivity index (χ0n) is 14.7. The third kappa shape index (κ3) is 3.19. The third-order valence-electron chi connectivity index (χ3n) is 4.35. The van der Waals surface area contributed by atoms with Crippen molar-refractivity contribution in [3.63, 3.8) is 0 Å². The summed E-state index contributed by atoms with van der Waals surface area (Å²) >= 11 is 0. The molecule has 5 heteroatoms. The number of nitrogens with zero attached hydrogens (tertiary/aromatic N) is 4. The van der Waals surface area contributed by atoms with E-state index in [0.29, 0.717) is 0 Å². The lowest BCUT2D eigenvalue weighted by atomic mass is 10.1. The van der Waals surface area contributed by atoms with E-state index in [2.05, 4.69) is 57.8 Å². The lowest BCUT2D eigenvalue weighted by Gasteiger charge is -2.08. The maximum Gasteiger partial charge on any atom is 0.147 e. The Balaban J connectivity index is 1.55. The van der Waals surface area contributed by atoms with E-state index in [0.717, 1.165) is 33.7 Å². The molecular weight excluding hydrogens is 322 g/mol. The minimum atomic E-state index is 0.746. The van der Waals surface area contributed by atoms with Crippen molar-refractivity contribution >= 4 is 22.4 Å². The first-order chi connectivity index (χ1) is 12.7. The second-order valence-electron chi connectivity index (χ2n) is 6.17. The Morgan fingerprint density at radius 2 is 1.88 bits per heavy atom. The number of nitrogens with one attached hydrogen (secondary N) is 1. The molecule has 0 amide bonds. The number of hydrogen-bond donors (Lipinski definition) is 1. The molecule has 4 aromatic rings. The van der Waals surface area contributed by atoms with Crippen molar-refractivity contribution in [1.29, 1.82) is 0 Å². The quantitative estimate of drug-likeness (QED) is 0.437. The summed E-state index contributed by atoms with van der Waals surface area (Å²) in [4.78, 5) is 8.69. The number of pyridine rings is 1. The number of rotatable bonds is 4. The van der Waals surface area contributed by atoms with E-state index < -0.39 is 0 Å². The highest BCUT2D eigenvalue weighted by atomic mass is 15.3. The topological polar surface area (TPSA) is 55.1 Å². The fraction of sp³-hybridized carbons (Fsp3) is 0.0952. The van der Waals surface area contributed by atoms with Crippen molar-refractivity contribution in [2.24, 2.45) is 5.10 Å². The van der Waals surface area contributed by atoms with Gasteiger partial charge in [0.2, 0.25) is 0 Å². The summed E-state index contributed by atoms with van der Waals surface area (Å²) < 4.78 is 1.97. The standard InChI is InChI=1S/C21H19N5/c1-15-13-21(23-20-6-4-3-5-19(15)20)25-24-16(2)17-7-9-18(10-8-17)26-12-11-22-14-26/h3-14H,1-2H3,(H,23,25). The number of para-hydroxylation sites is 1. The molecule has 0 unspecified atom stereocenters. The molecule has 0 saturated carbocycles. The number of imidazole rings is 1. The molecule has 26 heavy (non-hydrogen) atoms. The number of aromatic nitrogens is 3. The van der Waals surface area contributed by atoms with E-state index in [1.807, 2.05) is 42.0 Å². The average molecular weight is 341 g/mol. The number of benzene rings is 2. The lowest BCUT2D eigenvalue weighted by molar-refractivity contribution is 1.06. The minimum absolute atomic E-state index is 0.746. The first-order valence-corrected chi connectivity index (χ1v) is 8.46. The Bertz CT molecular complexity index is 1060. The van der Waals surface area contributed by atoms with Crippen LogP contribution in [0.15, 0.2) is 78.4 Å². The second kappa shape index (κ2) is 6.80. The molecule has 0 atom stereocenters. The Kier molecular flexibility index (Phi) is 4.19. The molecule has 5 nitrogen and oxygen atoms in total. The molecule has 128 valence electrons. The van der Waals surface area contributed by atoms with Crippen LogP contribution in [0.2, 0.25) is 0 Å². The Hall–Kier alpha value is -3.47. The highest BCUT2D eigenvalue weighted by Crippen LogP contribution is 2.20. The van der Waals surface area contributed by atoms with Gasteiger partial charge in [0.25, 0.3) is 0 Å². The van der Waals surface area contributed by atoms with Crippen molar-refractivity contribution in [3.8, 4) is 5.69 Å². The molecule has 0 aliphatic carbocycles. The van der Waals surface area contributed by atoms with Gasteiger partial charge in [-0.2, -0.15) is 5.10 Å². The molecule has 0 radical (unpaired) electrons. The molecule has 0 aliphatic rings. The number of anilines is 1. The highest BCUT2D eigenvalue weighted by molar-refractivity contribution is 5.99. The monoisotopic (exact) mass is 341 g/mol. The average Bonchev–Trinajstić information content (AvgIpc) is 3.21. The fourth-order valence-corrected chi connectivity index (χ4v) is 2.90. The van der Waals surface area contributed by atoms with Crippen molar-refractivity contribution in [1.82, 2.24) is 14.5 Å². The number of hydrogen-bond acceptors (Lipinski definition) is 4. The van der Waals surface area contributed by atoms with Crippen molar-refractivity contribution in [3.05, 3.63) is 84.4 Å². The molecule has 0 saturated heterocycles. The number of aryl methyl sites for hydroxylation is 1. The van der Waals surface area contributed by atoms with Crippen LogP contribution in [0.1, 0.15) is 18.1 Å². The molecule has 0 spiro atoms. The van der Waals surface area contributed by atoms with Crippen molar-refractivity contribution in [2.45, 2.75) is 13.8 Å². The van der Waals surface area contributed by atoms with Crippen LogP contribution in [-0.2, 0) is 0 Å². The predicted molar refractivity (Wildman–Crippen MR) is 106 cm³/mol. The fourth-order valence-electron chi connectivity index (χ4n) is 2.90. The van der Waals surface area contributed by atoms with Gasteiger partial charge in [0, 0.05) is 23.5 Å². The molecule has 0 aliphatic heterocycles. The van der Waals surface area contributed by atoms with Crippen LogP contribution in [0.25, 0.3) is 16.6 Å². The smallest absolute Gasteiger partial charge is 0.147 e. The SMILES string of the molecule is CC(=NNc1cc(C)c2ccccc2n1)c1ccc(-n2ccnc2)cc1. The van der Waals surface area contributed by atoms with Gasteiger partial charge >= 0.3 is 0 Å². The van der Waals surface area contributed by atoms with Crippen LogP contribution in [0.4, 0.5) is 5.82 Å². The third-order valence-corrected chi connectivity index (χ3v) is 4.35. The first kappa shape index (κ1) is 16.0. The van der Waals surface area contributed by atoms with Crippen LogP contribution in [0.5, 0.6) is 0 Å². The van der Waals surface area contributed by atoms with Gasteiger partial charge < -0.3 is 4.57 Å². The Morgan fingerprint density at radius 3 is 2.65 bits per heavy atom. The maximum absolute atomic E-state index is 4.62. The van der Waals surface area contributed by atoms with E-state index in [4.69, 9.17) is 0 Å². The van der Waals surface area contributed by atoms with Crippen molar-refractivity contribution < 1.29 is 0 Å². The summed E-state index contributed by atoms with van der Waals surface area (Å²) in [5.41, 5.74) is 8.24. The van der Waals surface area contributed by atoms with Gasteiger partial charge in [-0.15, -0.1) is 0 Å². The zero-order valence-corrected chi connectivity index (χ0v) is 14.7. The number of fused-ring (bicyclic) bond motifs is 1. The maximum atomic E-state index is 4.62. The van der Waals surface area contributed by atoms with Crippen LogP contribution in [0, 0.1) is 6.92 Å². The van der Waals surface area contributed by atoms with Gasteiger partial charge in [0.1, 0.15) is 5.82 Å². The molecule has 2 heterocycles. The lowest BCUT2D eigenvalue weighted by Crippen LogP contribution is -2.02. The summed E-state index contributed by atoms with van der Waals surface area (Å²) in [7, 11) is 0. The summed E-state index contributed by atoms with van der Waals surface area (Å²) in [5, 5.41) is 5.65. The molecule has 4 rings (SSSR count). The van der Waals surface area contributed by atoms with Crippen LogP contribution in [0.3, 0.4) is 0 Å². The van der Waals surface area contributed by atoms with Crippen LogP contribution in [-0.4, -0.2) is 20.2 Å². The van der Waals surface area contributed by atoms with Gasteiger partial charge in [-0.25, -0.2) is 9.97 Å². The van der Waals surface area contributed by atoms with E-state index in [-0.39, 0.29) is 0 Å². The van der Waals surface area contributed by atoms with Crippen molar-refractivity contribution in [2.75, 3.05) is 5.43 Å². The van der Waals surface area contributed by atoms with E-state index in [1.54, 1.807) is 12.5 Å². The summed E-state index contributed by atoms with van der Waals surface area (Å²) in [6.07, 6.45) is 5.47. The Morgan fingerprint density at radius 1 is 1.08 bits per heavy atom. The normalized spacial score (nSPS) is 11.7. The van der Waals surface area contributed by atoms with Gasteiger partial charge in [-0.05, 0) is 49.2 Å². The van der Waals surface area contributed by atoms with Crippen LogP contribution < -0.4 is 5.43 Å². The predicted octanol–water partition coefficient (Wildman–Crippen LogP) is 4.57. The molecule has 0 fully saturated rings. The van der Waals surface area contributed by atoms with Gasteiger partial charge in [-0.3, -0.25) is 5.43 Å².